The van der Waals surface area contributed by atoms with Crippen LogP contribution in [0.1, 0.15) is 88.6 Å². The molecule has 214 valence electrons. The van der Waals surface area contributed by atoms with Crippen molar-refractivity contribution in [1.82, 2.24) is 26.3 Å². The molecule has 39 heavy (non-hydrogen) atoms. The highest BCUT2D eigenvalue weighted by Gasteiger charge is 2.30. The molecule has 1 aliphatic heterocycles. The maximum Gasteiger partial charge on any atom is 0.243 e. The molecule has 1 aliphatic carbocycles. The summed E-state index contributed by atoms with van der Waals surface area (Å²) >= 11 is 1.58. The number of piperidine rings is 1. The fourth-order valence-corrected chi connectivity index (χ4v) is 6.77. The van der Waals surface area contributed by atoms with Gasteiger partial charge in [-0.05, 0) is 68.3 Å². The van der Waals surface area contributed by atoms with Crippen molar-refractivity contribution in [3.05, 3.63) is 28.8 Å². The molecule has 1 saturated carbocycles. The molecule has 3 amide bonds. The Morgan fingerprint density at radius 3 is 2.49 bits per heavy atom. The molecule has 1 aromatic carbocycles. The van der Waals surface area contributed by atoms with Crippen LogP contribution < -0.4 is 21.3 Å². The lowest BCUT2D eigenvalue weighted by molar-refractivity contribution is -0.130. The standard InChI is InChI=1S/C30H45N5O3S/c1-4-27(36)33-24(17-28-34-23-11-10-22(19(2)3)16-26(23)39-28)30(38)35-25(20-8-6-5-7-9-20)18-32-29(37)21-12-14-31-15-13-21/h10-11,16,19-21,24-25,31H,4-9,12-15,17-18H2,1-3H3,(H,32,37)(H,33,36)(H,35,38)/t24-,25+/m0/s1. The van der Waals surface area contributed by atoms with Gasteiger partial charge in [-0.1, -0.05) is 46.1 Å². The lowest BCUT2D eigenvalue weighted by atomic mass is 9.83. The van der Waals surface area contributed by atoms with Crippen LogP contribution in [0.15, 0.2) is 18.2 Å². The van der Waals surface area contributed by atoms with Gasteiger partial charge in [0.15, 0.2) is 0 Å². The van der Waals surface area contributed by atoms with Gasteiger partial charge in [0.25, 0.3) is 0 Å². The Kier molecular flexibility index (Phi) is 10.7. The minimum atomic E-state index is -0.714. The monoisotopic (exact) mass is 555 g/mol. The highest BCUT2D eigenvalue weighted by atomic mass is 32.1. The number of nitrogens with zero attached hydrogens (tertiary/aromatic N) is 1. The minimum Gasteiger partial charge on any atom is -0.354 e. The van der Waals surface area contributed by atoms with Crippen molar-refractivity contribution in [3.8, 4) is 0 Å². The van der Waals surface area contributed by atoms with Crippen LogP contribution in [-0.4, -0.2) is 54.4 Å². The summed E-state index contributed by atoms with van der Waals surface area (Å²) in [5, 5.41) is 13.5. The van der Waals surface area contributed by atoms with Crippen molar-refractivity contribution in [2.75, 3.05) is 19.6 Å². The van der Waals surface area contributed by atoms with E-state index in [9.17, 15) is 14.4 Å². The fraction of sp³-hybridized carbons (Fsp3) is 0.667. The minimum absolute atomic E-state index is 0.0285. The van der Waals surface area contributed by atoms with Crippen molar-refractivity contribution in [1.29, 1.82) is 0 Å². The van der Waals surface area contributed by atoms with E-state index in [0.29, 0.717) is 31.2 Å². The number of benzene rings is 1. The highest BCUT2D eigenvalue weighted by Crippen LogP contribution is 2.28. The van der Waals surface area contributed by atoms with Crippen LogP contribution in [0.5, 0.6) is 0 Å². The number of fused-ring (bicyclic) bond motifs is 1. The quantitative estimate of drug-likeness (QED) is 0.334. The summed E-state index contributed by atoms with van der Waals surface area (Å²) in [5.41, 5.74) is 2.18. The molecule has 2 fully saturated rings. The predicted octanol–water partition coefficient (Wildman–Crippen LogP) is 4.04. The van der Waals surface area contributed by atoms with Gasteiger partial charge in [0.05, 0.1) is 15.2 Å². The molecule has 2 aromatic rings. The van der Waals surface area contributed by atoms with Gasteiger partial charge in [-0.15, -0.1) is 11.3 Å². The Bertz CT molecular complexity index is 1120. The van der Waals surface area contributed by atoms with Gasteiger partial charge in [0.1, 0.15) is 6.04 Å². The molecular weight excluding hydrogens is 510 g/mol. The molecule has 9 heteroatoms. The van der Waals surface area contributed by atoms with E-state index >= 15 is 0 Å². The summed E-state index contributed by atoms with van der Waals surface area (Å²) in [6, 6.07) is 5.44. The average Bonchev–Trinajstić information content (AvgIpc) is 3.37. The maximum atomic E-state index is 13.7. The molecule has 2 atom stereocenters. The molecule has 4 rings (SSSR count). The topological polar surface area (TPSA) is 112 Å². The first-order valence-corrected chi connectivity index (χ1v) is 15.6. The fourth-order valence-electron chi connectivity index (χ4n) is 5.71. The number of rotatable bonds is 11. The Hall–Kier alpha value is -2.52. The van der Waals surface area contributed by atoms with Crippen LogP contribution in [0.2, 0.25) is 0 Å². The van der Waals surface area contributed by atoms with Crippen LogP contribution in [0.3, 0.4) is 0 Å². The second-order valence-electron chi connectivity index (χ2n) is 11.4. The van der Waals surface area contributed by atoms with Crippen molar-refractivity contribution in [2.45, 2.75) is 96.6 Å². The zero-order chi connectivity index (χ0) is 27.8. The lowest BCUT2D eigenvalue weighted by Crippen LogP contribution is -2.55. The van der Waals surface area contributed by atoms with Crippen molar-refractivity contribution >= 4 is 39.3 Å². The molecule has 8 nitrogen and oxygen atoms in total. The number of carbonyl (C=O) groups is 3. The number of hydrogen-bond donors (Lipinski definition) is 4. The molecule has 0 unspecified atom stereocenters. The SMILES string of the molecule is CCC(=O)N[C@@H](Cc1nc2ccc(C(C)C)cc2s1)C(=O)N[C@H](CNC(=O)C1CCNCC1)C1CCCCC1. The summed E-state index contributed by atoms with van der Waals surface area (Å²) in [7, 11) is 0. The van der Waals surface area contributed by atoms with Crippen LogP contribution in [0.25, 0.3) is 10.2 Å². The number of carbonyl (C=O) groups excluding carboxylic acids is 3. The number of hydrogen-bond acceptors (Lipinski definition) is 6. The summed E-state index contributed by atoms with van der Waals surface area (Å²) in [5.74, 6) is 0.487. The van der Waals surface area contributed by atoms with E-state index < -0.39 is 6.04 Å². The summed E-state index contributed by atoms with van der Waals surface area (Å²) in [4.78, 5) is 43.7. The van der Waals surface area contributed by atoms with E-state index in [4.69, 9.17) is 4.98 Å². The molecule has 1 saturated heterocycles. The molecular formula is C30H45N5O3S. The van der Waals surface area contributed by atoms with Crippen molar-refractivity contribution in [2.24, 2.45) is 11.8 Å². The van der Waals surface area contributed by atoms with Crippen LogP contribution >= 0.6 is 11.3 Å². The molecule has 0 spiro atoms. The third-order valence-corrected chi connectivity index (χ3v) is 9.27. The van der Waals surface area contributed by atoms with E-state index in [1.54, 1.807) is 18.3 Å². The second-order valence-corrected chi connectivity index (χ2v) is 12.6. The highest BCUT2D eigenvalue weighted by molar-refractivity contribution is 7.18. The molecule has 4 N–H and O–H groups in total. The van der Waals surface area contributed by atoms with Gasteiger partial charge >= 0.3 is 0 Å². The second kappa shape index (κ2) is 14.2. The first-order valence-electron chi connectivity index (χ1n) is 14.8. The largest absolute Gasteiger partial charge is 0.354 e. The summed E-state index contributed by atoms with van der Waals surface area (Å²) < 4.78 is 1.10. The first kappa shape index (κ1) is 29.5. The van der Waals surface area contributed by atoms with E-state index in [2.05, 4.69) is 47.2 Å². The van der Waals surface area contributed by atoms with E-state index in [1.165, 1.54) is 12.0 Å². The third-order valence-electron chi connectivity index (χ3n) is 8.23. The predicted molar refractivity (Wildman–Crippen MR) is 157 cm³/mol. The zero-order valence-corrected chi connectivity index (χ0v) is 24.5. The Labute approximate surface area is 236 Å². The van der Waals surface area contributed by atoms with E-state index in [-0.39, 0.29) is 29.7 Å². The van der Waals surface area contributed by atoms with Gasteiger partial charge in [0.2, 0.25) is 17.7 Å². The Morgan fingerprint density at radius 2 is 1.79 bits per heavy atom. The smallest absolute Gasteiger partial charge is 0.243 e. The van der Waals surface area contributed by atoms with Crippen molar-refractivity contribution in [3.63, 3.8) is 0 Å². The number of nitrogens with one attached hydrogen (secondary N) is 4. The number of amides is 3. The number of thiazole rings is 1. The Balaban J connectivity index is 1.47. The van der Waals surface area contributed by atoms with Gasteiger partial charge < -0.3 is 21.3 Å². The van der Waals surface area contributed by atoms with Gasteiger partial charge in [-0.25, -0.2) is 4.98 Å². The van der Waals surface area contributed by atoms with E-state index in [0.717, 1.165) is 66.8 Å². The molecule has 0 radical (unpaired) electrons. The third kappa shape index (κ3) is 8.24. The molecule has 2 aliphatic rings. The molecule has 0 bridgehead atoms. The Morgan fingerprint density at radius 1 is 1.05 bits per heavy atom. The lowest BCUT2D eigenvalue weighted by Gasteiger charge is -2.33. The maximum absolute atomic E-state index is 13.7. The summed E-state index contributed by atoms with van der Waals surface area (Å²) in [6.07, 6.45) is 7.90. The van der Waals surface area contributed by atoms with Gasteiger partial charge in [-0.2, -0.15) is 0 Å². The average molecular weight is 556 g/mol. The normalized spacial score (nSPS) is 18.6. The van der Waals surface area contributed by atoms with Crippen LogP contribution in [-0.2, 0) is 20.8 Å². The van der Waals surface area contributed by atoms with Crippen LogP contribution in [0.4, 0.5) is 0 Å². The zero-order valence-electron chi connectivity index (χ0n) is 23.7. The van der Waals surface area contributed by atoms with Gasteiger partial charge in [0, 0.05) is 31.3 Å². The van der Waals surface area contributed by atoms with E-state index in [1.807, 2.05) is 6.07 Å². The van der Waals surface area contributed by atoms with Gasteiger partial charge in [-0.3, -0.25) is 14.4 Å². The number of aromatic nitrogens is 1. The van der Waals surface area contributed by atoms with Crippen molar-refractivity contribution < 1.29 is 14.4 Å². The molecule has 2 heterocycles. The first-order chi connectivity index (χ1) is 18.8. The summed E-state index contributed by atoms with van der Waals surface area (Å²) in [6.45, 7) is 8.28. The van der Waals surface area contributed by atoms with Crippen LogP contribution in [0, 0.1) is 11.8 Å². The molecule has 1 aromatic heterocycles.